The number of pyridine rings is 1. The van der Waals surface area contributed by atoms with E-state index in [9.17, 15) is 4.79 Å². The number of carbonyl (C=O) groups is 1. The predicted octanol–water partition coefficient (Wildman–Crippen LogP) is 2.23. The van der Waals surface area contributed by atoms with Gasteiger partial charge in [0.15, 0.2) is 0 Å². The van der Waals surface area contributed by atoms with Crippen LogP contribution < -0.4 is 10.2 Å². The minimum absolute atomic E-state index is 0.0246. The highest BCUT2D eigenvalue weighted by Gasteiger charge is 2.23. The molecule has 3 rings (SSSR count). The SMILES string of the molecule is Cc1cc(C[C@H](C)NC(=O)N2CCN(c3ccc(Cl)cn3)CC2)n[nH]1. The van der Waals surface area contributed by atoms with Gasteiger partial charge in [-0.2, -0.15) is 5.10 Å². The number of halogens is 1. The van der Waals surface area contributed by atoms with E-state index in [4.69, 9.17) is 11.6 Å². The lowest BCUT2D eigenvalue weighted by molar-refractivity contribution is 0.191. The number of nitrogens with one attached hydrogen (secondary N) is 2. The zero-order valence-corrected chi connectivity index (χ0v) is 15.3. The number of rotatable bonds is 4. The Labute approximate surface area is 152 Å². The number of aromatic nitrogens is 3. The lowest BCUT2D eigenvalue weighted by Gasteiger charge is -2.35. The average molecular weight is 363 g/mol. The third-order valence-corrected chi connectivity index (χ3v) is 4.47. The molecule has 1 saturated heterocycles. The Kier molecular flexibility index (Phi) is 5.43. The monoisotopic (exact) mass is 362 g/mol. The molecule has 3 heterocycles. The highest BCUT2D eigenvalue weighted by molar-refractivity contribution is 6.30. The number of amides is 2. The van der Waals surface area contributed by atoms with E-state index >= 15 is 0 Å². The maximum absolute atomic E-state index is 12.4. The second kappa shape index (κ2) is 7.74. The molecule has 2 amide bonds. The number of hydrogen-bond donors (Lipinski definition) is 2. The number of H-pyrrole nitrogens is 1. The highest BCUT2D eigenvalue weighted by Crippen LogP contribution is 2.16. The molecule has 134 valence electrons. The Morgan fingerprint density at radius 1 is 1.36 bits per heavy atom. The van der Waals surface area contributed by atoms with E-state index in [0.29, 0.717) is 24.5 Å². The Balaban J connectivity index is 1.47. The quantitative estimate of drug-likeness (QED) is 0.874. The molecule has 2 aromatic rings. The van der Waals surface area contributed by atoms with Crippen molar-refractivity contribution in [1.29, 1.82) is 0 Å². The van der Waals surface area contributed by atoms with Crippen LogP contribution >= 0.6 is 11.6 Å². The lowest BCUT2D eigenvalue weighted by Crippen LogP contribution is -2.53. The number of hydrogen-bond acceptors (Lipinski definition) is 4. The van der Waals surface area contributed by atoms with Crippen LogP contribution in [0.1, 0.15) is 18.3 Å². The number of piperazine rings is 1. The van der Waals surface area contributed by atoms with Gasteiger partial charge in [-0.25, -0.2) is 9.78 Å². The molecule has 2 aromatic heterocycles. The zero-order chi connectivity index (χ0) is 17.8. The van der Waals surface area contributed by atoms with E-state index in [1.165, 1.54) is 0 Å². The summed E-state index contributed by atoms with van der Waals surface area (Å²) in [6.07, 6.45) is 2.36. The van der Waals surface area contributed by atoms with Crippen LogP contribution in [0.15, 0.2) is 24.4 Å². The van der Waals surface area contributed by atoms with Gasteiger partial charge in [0.25, 0.3) is 0 Å². The number of aryl methyl sites for hydroxylation is 1. The van der Waals surface area contributed by atoms with Crippen LogP contribution in [0.5, 0.6) is 0 Å². The first kappa shape index (κ1) is 17.5. The number of carbonyl (C=O) groups excluding carboxylic acids is 1. The topological polar surface area (TPSA) is 77.2 Å². The van der Waals surface area contributed by atoms with Crippen LogP contribution in [0.4, 0.5) is 10.6 Å². The van der Waals surface area contributed by atoms with Crippen LogP contribution in [0, 0.1) is 6.92 Å². The zero-order valence-electron chi connectivity index (χ0n) is 14.5. The first-order valence-electron chi connectivity index (χ1n) is 8.44. The van der Waals surface area contributed by atoms with Gasteiger partial charge < -0.3 is 15.1 Å². The van der Waals surface area contributed by atoms with Gasteiger partial charge in [-0.05, 0) is 32.0 Å². The highest BCUT2D eigenvalue weighted by atomic mass is 35.5. The molecule has 0 unspecified atom stereocenters. The molecule has 0 aliphatic carbocycles. The van der Waals surface area contributed by atoms with Gasteiger partial charge in [0, 0.05) is 50.5 Å². The second-order valence-electron chi connectivity index (χ2n) is 6.41. The molecule has 2 N–H and O–H groups in total. The molecule has 1 fully saturated rings. The van der Waals surface area contributed by atoms with Gasteiger partial charge in [-0.1, -0.05) is 11.6 Å². The van der Waals surface area contributed by atoms with Crippen molar-refractivity contribution >= 4 is 23.4 Å². The third-order valence-electron chi connectivity index (χ3n) is 4.25. The van der Waals surface area contributed by atoms with E-state index in [1.54, 1.807) is 6.20 Å². The number of anilines is 1. The standard InChI is InChI=1S/C17H23ClN6O/c1-12(9-15-10-13(2)21-22-15)20-17(25)24-7-5-23(6-8-24)16-4-3-14(18)11-19-16/h3-4,10-12H,5-9H2,1-2H3,(H,20,25)(H,21,22)/t12-/m0/s1. The minimum atomic E-state index is -0.0246. The number of aromatic amines is 1. The van der Waals surface area contributed by atoms with Crippen molar-refractivity contribution in [2.45, 2.75) is 26.3 Å². The van der Waals surface area contributed by atoms with Crippen molar-refractivity contribution in [1.82, 2.24) is 25.4 Å². The van der Waals surface area contributed by atoms with Crippen LogP contribution in [-0.4, -0.2) is 58.3 Å². The Bertz CT molecular complexity index is 708. The van der Waals surface area contributed by atoms with Crippen molar-refractivity contribution in [3.05, 3.63) is 40.8 Å². The van der Waals surface area contributed by atoms with Gasteiger partial charge in [0.2, 0.25) is 0 Å². The molecule has 1 atom stereocenters. The van der Waals surface area contributed by atoms with E-state index in [2.05, 4.69) is 25.4 Å². The fraction of sp³-hybridized carbons (Fsp3) is 0.471. The second-order valence-corrected chi connectivity index (χ2v) is 6.84. The van der Waals surface area contributed by atoms with Crippen molar-refractivity contribution < 1.29 is 4.79 Å². The van der Waals surface area contributed by atoms with Crippen molar-refractivity contribution in [2.75, 3.05) is 31.1 Å². The fourth-order valence-corrected chi connectivity index (χ4v) is 3.05. The number of nitrogens with zero attached hydrogens (tertiary/aromatic N) is 4. The molecule has 7 nitrogen and oxygen atoms in total. The van der Waals surface area contributed by atoms with Crippen LogP contribution in [0.3, 0.4) is 0 Å². The fourth-order valence-electron chi connectivity index (χ4n) is 2.94. The summed E-state index contributed by atoms with van der Waals surface area (Å²) in [5.41, 5.74) is 1.99. The normalized spacial score (nSPS) is 16.0. The molecule has 0 bridgehead atoms. The third kappa shape index (κ3) is 4.63. The first-order chi connectivity index (χ1) is 12.0. The average Bonchev–Trinajstić information content (AvgIpc) is 3.00. The molecule has 1 aliphatic rings. The van der Waals surface area contributed by atoms with Crippen LogP contribution in [-0.2, 0) is 6.42 Å². The van der Waals surface area contributed by atoms with Gasteiger partial charge in [0.05, 0.1) is 10.7 Å². The van der Waals surface area contributed by atoms with Gasteiger partial charge in [0.1, 0.15) is 5.82 Å². The van der Waals surface area contributed by atoms with Crippen LogP contribution in [0.25, 0.3) is 0 Å². The molecule has 1 aliphatic heterocycles. The van der Waals surface area contributed by atoms with E-state index in [0.717, 1.165) is 30.3 Å². The van der Waals surface area contributed by atoms with Crippen LogP contribution in [0.2, 0.25) is 5.02 Å². The summed E-state index contributed by atoms with van der Waals surface area (Å²) in [6, 6.07) is 5.75. The smallest absolute Gasteiger partial charge is 0.317 e. The predicted molar refractivity (Wildman–Crippen MR) is 98.1 cm³/mol. The summed E-state index contributed by atoms with van der Waals surface area (Å²) >= 11 is 5.87. The molecule has 25 heavy (non-hydrogen) atoms. The Hall–Kier alpha value is -2.28. The van der Waals surface area contributed by atoms with Gasteiger partial charge in [-0.3, -0.25) is 5.10 Å². The van der Waals surface area contributed by atoms with Gasteiger partial charge in [-0.15, -0.1) is 0 Å². The van der Waals surface area contributed by atoms with Crippen molar-refractivity contribution in [3.63, 3.8) is 0 Å². The molecular formula is C17H23ClN6O. The van der Waals surface area contributed by atoms with E-state index in [1.807, 2.05) is 36.9 Å². The summed E-state index contributed by atoms with van der Waals surface area (Å²) in [4.78, 5) is 20.8. The largest absolute Gasteiger partial charge is 0.353 e. The minimum Gasteiger partial charge on any atom is -0.353 e. The molecule has 0 radical (unpaired) electrons. The van der Waals surface area contributed by atoms with E-state index in [-0.39, 0.29) is 12.1 Å². The summed E-state index contributed by atoms with van der Waals surface area (Å²) in [5, 5.41) is 10.8. The van der Waals surface area contributed by atoms with Crippen molar-refractivity contribution in [2.24, 2.45) is 0 Å². The first-order valence-corrected chi connectivity index (χ1v) is 8.82. The summed E-state index contributed by atoms with van der Waals surface area (Å²) in [7, 11) is 0. The summed E-state index contributed by atoms with van der Waals surface area (Å²) < 4.78 is 0. The maximum atomic E-state index is 12.4. The molecule has 0 saturated carbocycles. The Morgan fingerprint density at radius 2 is 2.12 bits per heavy atom. The van der Waals surface area contributed by atoms with Crippen molar-refractivity contribution in [3.8, 4) is 0 Å². The summed E-state index contributed by atoms with van der Waals surface area (Å²) in [5.74, 6) is 0.895. The summed E-state index contributed by atoms with van der Waals surface area (Å²) in [6.45, 7) is 6.82. The molecular weight excluding hydrogens is 340 g/mol. The lowest BCUT2D eigenvalue weighted by atomic mass is 10.2. The molecule has 8 heteroatoms. The number of urea groups is 1. The van der Waals surface area contributed by atoms with E-state index < -0.39 is 0 Å². The molecule has 0 spiro atoms. The Morgan fingerprint density at radius 3 is 2.72 bits per heavy atom. The van der Waals surface area contributed by atoms with Gasteiger partial charge >= 0.3 is 6.03 Å². The maximum Gasteiger partial charge on any atom is 0.317 e. The molecule has 0 aromatic carbocycles.